The molecule has 8 heteroatoms. The summed E-state index contributed by atoms with van der Waals surface area (Å²) in [7, 11) is 0. The first-order valence-corrected chi connectivity index (χ1v) is 10.6. The number of alkyl halides is 3. The van der Waals surface area contributed by atoms with Gasteiger partial charge in [-0.3, -0.25) is 9.59 Å². The maximum Gasteiger partial charge on any atom is 0.416 e. The van der Waals surface area contributed by atoms with Crippen LogP contribution in [0, 0.1) is 0 Å². The van der Waals surface area contributed by atoms with Crippen molar-refractivity contribution in [3.05, 3.63) is 65.7 Å². The fourth-order valence-corrected chi connectivity index (χ4v) is 4.70. The Bertz CT molecular complexity index is 999. The van der Waals surface area contributed by atoms with Crippen molar-refractivity contribution in [3.63, 3.8) is 0 Å². The predicted molar refractivity (Wildman–Crippen MR) is 115 cm³/mol. The van der Waals surface area contributed by atoms with Gasteiger partial charge in [0.1, 0.15) is 6.54 Å². The second-order valence-electron chi connectivity index (χ2n) is 8.81. The SMILES string of the molecule is CC(C)N1CC(=O)N([C@H](C)c2ccc(C(F)(F)F)cc2)C2(CN(c3ccccc3)C2)C1=O. The van der Waals surface area contributed by atoms with Gasteiger partial charge in [-0.2, -0.15) is 13.2 Å². The minimum Gasteiger partial charge on any atom is -0.366 e. The highest BCUT2D eigenvalue weighted by Gasteiger charge is 2.61. The molecule has 2 aromatic rings. The second-order valence-corrected chi connectivity index (χ2v) is 8.81. The molecule has 4 rings (SSSR count). The van der Waals surface area contributed by atoms with E-state index in [1.165, 1.54) is 12.1 Å². The van der Waals surface area contributed by atoms with E-state index in [0.717, 1.165) is 17.8 Å². The van der Waals surface area contributed by atoms with Crippen LogP contribution in [-0.4, -0.2) is 52.8 Å². The molecule has 170 valence electrons. The van der Waals surface area contributed by atoms with E-state index in [0.29, 0.717) is 18.7 Å². The first-order valence-electron chi connectivity index (χ1n) is 10.6. The average molecular weight is 445 g/mol. The Morgan fingerprint density at radius 3 is 2.03 bits per heavy atom. The summed E-state index contributed by atoms with van der Waals surface area (Å²) in [6, 6.07) is 13.8. The lowest BCUT2D eigenvalue weighted by Crippen LogP contribution is -2.81. The van der Waals surface area contributed by atoms with Crippen molar-refractivity contribution >= 4 is 17.5 Å². The minimum atomic E-state index is -4.43. The molecule has 32 heavy (non-hydrogen) atoms. The highest BCUT2D eigenvalue weighted by atomic mass is 19.4. The number of halogens is 3. The topological polar surface area (TPSA) is 43.9 Å². The molecule has 0 N–H and O–H groups in total. The molecule has 2 aromatic carbocycles. The molecule has 5 nitrogen and oxygen atoms in total. The fraction of sp³-hybridized carbons (Fsp3) is 0.417. The summed E-state index contributed by atoms with van der Waals surface area (Å²) in [5.41, 5.74) is -0.261. The maximum atomic E-state index is 13.6. The highest BCUT2D eigenvalue weighted by Crippen LogP contribution is 2.42. The Balaban J connectivity index is 1.67. The Hall–Kier alpha value is -3.03. The van der Waals surface area contributed by atoms with Crippen LogP contribution in [0.1, 0.15) is 37.9 Å². The number of hydrogen-bond donors (Lipinski definition) is 0. The van der Waals surface area contributed by atoms with E-state index in [-0.39, 0.29) is 24.4 Å². The minimum absolute atomic E-state index is 0.0332. The maximum absolute atomic E-state index is 13.6. The van der Waals surface area contributed by atoms with Gasteiger partial charge in [0, 0.05) is 11.7 Å². The number of nitrogens with zero attached hydrogens (tertiary/aromatic N) is 3. The number of piperazine rings is 1. The predicted octanol–water partition coefficient (Wildman–Crippen LogP) is 4.10. The molecule has 1 atom stereocenters. The van der Waals surface area contributed by atoms with Gasteiger partial charge in [0.15, 0.2) is 5.54 Å². The van der Waals surface area contributed by atoms with Gasteiger partial charge in [0.2, 0.25) is 5.91 Å². The molecule has 0 radical (unpaired) electrons. The van der Waals surface area contributed by atoms with E-state index >= 15 is 0 Å². The average Bonchev–Trinajstić information content (AvgIpc) is 2.72. The number of carbonyl (C=O) groups excluding carboxylic acids is 2. The van der Waals surface area contributed by atoms with Crippen molar-refractivity contribution in [3.8, 4) is 0 Å². The lowest BCUT2D eigenvalue weighted by Gasteiger charge is -2.60. The molecule has 0 aromatic heterocycles. The van der Waals surface area contributed by atoms with Crippen LogP contribution in [0.25, 0.3) is 0 Å². The van der Waals surface area contributed by atoms with Crippen molar-refractivity contribution < 1.29 is 22.8 Å². The van der Waals surface area contributed by atoms with Crippen LogP contribution in [0.15, 0.2) is 54.6 Å². The van der Waals surface area contributed by atoms with Crippen molar-refractivity contribution in [2.45, 2.75) is 44.6 Å². The van der Waals surface area contributed by atoms with Gasteiger partial charge in [-0.25, -0.2) is 0 Å². The van der Waals surface area contributed by atoms with Crippen molar-refractivity contribution in [1.82, 2.24) is 9.80 Å². The molecule has 0 bridgehead atoms. The molecule has 2 heterocycles. The number of hydrogen-bond acceptors (Lipinski definition) is 3. The summed E-state index contributed by atoms with van der Waals surface area (Å²) in [4.78, 5) is 32.1. The van der Waals surface area contributed by atoms with Gasteiger partial charge in [-0.05, 0) is 50.6 Å². The number of para-hydroxylation sites is 1. The largest absolute Gasteiger partial charge is 0.416 e. The third-order valence-electron chi connectivity index (χ3n) is 6.45. The molecular formula is C24H26F3N3O2. The molecule has 0 unspecified atom stereocenters. The molecule has 2 aliphatic rings. The summed E-state index contributed by atoms with van der Waals surface area (Å²) in [6.07, 6.45) is -4.43. The number of benzene rings is 2. The van der Waals surface area contributed by atoms with Gasteiger partial charge >= 0.3 is 6.18 Å². The molecule has 1 spiro atoms. The molecule has 2 fully saturated rings. The number of anilines is 1. The molecule has 0 saturated carbocycles. The van der Waals surface area contributed by atoms with Gasteiger partial charge in [-0.15, -0.1) is 0 Å². The Morgan fingerprint density at radius 1 is 0.906 bits per heavy atom. The third kappa shape index (κ3) is 3.61. The van der Waals surface area contributed by atoms with E-state index in [9.17, 15) is 22.8 Å². The normalized spacial score (nSPS) is 19.5. The molecular weight excluding hydrogens is 419 g/mol. The smallest absolute Gasteiger partial charge is 0.366 e. The zero-order valence-corrected chi connectivity index (χ0v) is 18.3. The van der Waals surface area contributed by atoms with Crippen LogP contribution >= 0.6 is 0 Å². The Labute approximate surface area is 185 Å². The molecule has 0 aliphatic carbocycles. The zero-order valence-electron chi connectivity index (χ0n) is 18.3. The van der Waals surface area contributed by atoms with Crippen molar-refractivity contribution in [2.75, 3.05) is 24.5 Å². The summed E-state index contributed by atoms with van der Waals surface area (Å²) in [6.45, 7) is 6.18. The van der Waals surface area contributed by atoms with Crippen LogP contribution in [-0.2, 0) is 15.8 Å². The molecule has 2 saturated heterocycles. The monoisotopic (exact) mass is 445 g/mol. The standard InChI is InChI=1S/C24H26F3N3O2/c1-16(2)29-13-21(31)30(17(3)18-9-11-19(12-10-18)24(25,26)27)23(22(29)32)14-28(15-23)20-7-5-4-6-8-20/h4-12,16-17H,13-15H2,1-3H3/t17-/m1/s1. The van der Waals surface area contributed by atoms with Gasteiger partial charge in [0.05, 0.1) is 24.7 Å². The second kappa shape index (κ2) is 7.83. The summed E-state index contributed by atoms with van der Waals surface area (Å²) in [5, 5.41) is 0. The third-order valence-corrected chi connectivity index (χ3v) is 6.45. The molecule has 2 aliphatic heterocycles. The Morgan fingerprint density at radius 2 is 1.50 bits per heavy atom. The lowest BCUT2D eigenvalue weighted by molar-refractivity contribution is -0.172. The number of carbonyl (C=O) groups is 2. The van der Waals surface area contributed by atoms with Crippen LogP contribution in [0.3, 0.4) is 0 Å². The van der Waals surface area contributed by atoms with Gasteiger partial charge in [-0.1, -0.05) is 30.3 Å². The molecule has 2 amide bonds. The van der Waals surface area contributed by atoms with Gasteiger partial charge in [0.25, 0.3) is 5.91 Å². The van der Waals surface area contributed by atoms with Crippen molar-refractivity contribution in [2.24, 2.45) is 0 Å². The van der Waals surface area contributed by atoms with E-state index < -0.39 is 23.3 Å². The van der Waals surface area contributed by atoms with Crippen LogP contribution in [0.4, 0.5) is 18.9 Å². The van der Waals surface area contributed by atoms with E-state index in [1.54, 1.807) is 16.7 Å². The fourth-order valence-electron chi connectivity index (χ4n) is 4.70. The van der Waals surface area contributed by atoms with Crippen molar-refractivity contribution in [1.29, 1.82) is 0 Å². The summed E-state index contributed by atoms with van der Waals surface area (Å²) < 4.78 is 38.9. The number of rotatable bonds is 4. The van der Waals surface area contributed by atoms with Crippen LogP contribution in [0.5, 0.6) is 0 Å². The first-order chi connectivity index (χ1) is 15.0. The lowest BCUT2D eigenvalue weighted by atomic mass is 9.81. The van der Waals surface area contributed by atoms with E-state index in [4.69, 9.17) is 0 Å². The quantitative estimate of drug-likeness (QED) is 0.712. The van der Waals surface area contributed by atoms with Crippen LogP contribution < -0.4 is 4.90 Å². The summed E-state index contributed by atoms with van der Waals surface area (Å²) >= 11 is 0. The highest BCUT2D eigenvalue weighted by molar-refractivity contribution is 6.01. The Kier molecular flexibility index (Phi) is 5.43. The van der Waals surface area contributed by atoms with E-state index in [1.807, 2.05) is 49.1 Å². The van der Waals surface area contributed by atoms with Gasteiger partial charge < -0.3 is 14.7 Å². The first kappa shape index (κ1) is 22.2. The van der Waals surface area contributed by atoms with Crippen LogP contribution in [0.2, 0.25) is 0 Å². The van der Waals surface area contributed by atoms with E-state index in [2.05, 4.69) is 0 Å². The number of amides is 2. The zero-order chi connectivity index (χ0) is 23.3. The summed E-state index contributed by atoms with van der Waals surface area (Å²) in [5.74, 6) is -0.309.